The standard InChI is InChI=1S/C23H28N4O3S/c1-6-19(22-24-14-20(25-22)17-10-8-7-9-11-17)26-23(28)18-12-15(2)16(3)21(13-18)31(29,30)27(4)5/h7-14,19H,6H2,1-5H3,(H,24,25)(H,26,28). The molecule has 1 atom stereocenters. The molecule has 0 radical (unpaired) electrons. The average molecular weight is 441 g/mol. The fourth-order valence-corrected chi connectivity index (χ4v) is 4.52. The molecule has 0 aliphatic rings. The third kappa shape index (κ3) is 4.70. The van der Waals surface area contributed by atoms with E-state index < -0.39 is 10.0 Å². The summed E-state index contributed by atoms with van der Waals surface area (Å²) in [5.41, 5.74) is 3.56. The number of hydrogen-bond acceptors (Lipinski definition) is 4. The lowest BCUT2D eigenvalue weighted by molar-refractivity contribution is 0.0933. The van der Waals surface area contributed by atoms with Crippen molar-refractivity contribution in [1.82, 2.24) is 19.6 Å². The Morgan fingerprint density at radius 1 is 1.16 bits per heavy atom. The second kappa shape index (κ2) is 9.03. The van der Waals surface area contributed by atoms with Crippen molar-refractivity contribution in [3.8, 4) is 11.3 Å². The molecule has 31 heavy (non-hydrogen) atoms. The highest BCUT2D eigenvalue weighted by atomic mass is 32.2. The zero-order valence-electron chi connectivity index (χ0n) is 18.4. The van der Waals surface area contributed by atoms with Crippen LogP contribution in [0.15, 0.2) is 53.6 Å². The van der Waals surface area contributed by atoms with Gasteiger partial charge in [-0.05, 0) is 49.1 Å². The van der Waals surface area contributed by atoms with Crippen molar-refractivity contribution >= 4 is 15.9 Å². The molecule has 0 spiro atoms. The number of nitrogens with zero attached hydrogens (tertiary/aromatic N) is 2. The molecular weight excluding hydrogens is 412 g/mol. The van der Waals surface area contributed by atoms with Crippen molar-refractivity contribution in [3.05, 3.63) is 71.2 Å². The topological polar surface area (TPSA) is 95.2 Å². The van der Waals surface area contributed by atoms with Gasteiger partial charge in [0.1, 0.15) is 5.82 Å². The van der Waals surface area contributed by atoms with E-state index in [0.717, 1.165) is 21.1 Å². The van der Waals surface area contributed by atoms with Crippen molar-refractivity contribution in [1.29, 1.82) is 0 Å². The van der Waals surface area contributed by atoms with E-state index in [1.807, 2.05) is 37.3 Å². The Hall–Kier alpha value is -2.97. The second-order valence-corrected chi connectivity index (χ2v) is 9.81. The van der Waals surface area contributed by atoms with Gasteiger partial charge in [-0.15, -0.1) is 0 Å². The summed E-state index contributed by atoms with van der Waals surface area (Å²) in [6.45, 7) is 5.50. The fourth-order valence-electron chi connectivity index (χ4n) is 3.31. The highest BCUT2D eigenvalue weighted by Gasteiger charge is 2.24. The van der Waals surface area contributed by atoms with Gasteiger partial charge in [-0.1, -0.05) is 37.3 Å². The number of hydrogen-bond donors (Lipinski definition) is 2. The van der Waals surface area contributed by atoms with Crippen LogP contribution in [0.5, 0.6) is 0 Å². The number of carbonyl (C=O) groups is 1. The van der Waals surface area contributed by atoms with E-state index in [2.05, 4.69) is 15.3 Å². The Balaban J connectivity index is 1.88. The van der Waals surface area contributed by atoms with Gasteiger partial charge < -0.3 is 10.3 Å². The normalized spacial score (nSPS) is 12.7. The first kappa shape index (κ1) is 22.7. The maximum Gasteiger partial charge on any atom is 0.251 e. The number of carbonyl (C=O) groups excluding carboxylic acids is 1. The van der Waals surface area contributed by atoms with E-state index in [1.54, 1.807) is 26.1 Å². The van der Waals surface area contributed by atoms with Crippen molar-refractivity contribution in [2.45, 2.75) is 38.1 Å². The maximum atomic E-state index is 13.0. The van der Waals surface area contributed by atoms with E-state index in [-0.39, 0.29) is 16.8 Å². The highest BCUT2D eigenvalue weighted by Crippen LogP contribution is 2.25. The van der Waals surface area contributed by atoms with Gasteiger partial charge in [-0.25, -0.2) is 17.7 Å². The molecular formula is C23H28N4O3S. The number of H-pyrrole nitrogens is 1. The number of amides is 1. The third-order valence-electron chi connectivity index (χ3n) is 5.36. The van der Waals surface area contributed by atoms with E-state index >= 15 is 0 Å². The van der Waals surface area contributed by atoms with Gasteiger partial charge in [-0.3, -0.25) is 4.79 Å². The van der Waals surface area contributed by atoms with Crippen LogP contribution in [-0.4, -0.2) is 42.7 Å². The SMILES string of the molecule is CCC(NC(=O)c1cc(C)c(C)c(S(=O)(=O)N(C)C)c1)c1ncc(-c2ccccc2)[nH]1. The monoisotopic (exact) mass is 440 g/mol. The van der Waals surface area contributed by atoms with Gasteiger partial charge in [0.05, 0.1) is 22.8 Å². The number of aryl methyl sites for hydroxylation is 1. The van der Waals surface area contributed by atoms with Gasteiger partial charge in [0.2, 0.25) is 10.0 Å². The minimum Gasteiger partial charge on any atom is -0.342 e. The number of rotatable bonds is 7. The molecule has 1 heterocycles. The van der Waals surface area contributed by atoms with E-state index in [0.29, 0.717) is 23.4 Å². The number of nitrogens with one attached hydrogen (secondary N) is 2. The van der Waals surface area contributed by atoms with Crippen LogP contribution >= 0.6 is 0 Å². The van der Waals surface area contributed by atoms with Crippen LogP contribution in [0.4, 0.5) is 0 Å². The molecule has 2 N–H and O–H groups in total. The lowest BCUT2D eigenvalue weighted by atomic mass is 10.1. The Morgan fingerprint density at radius 2 is 1.84 bits per heavy atom. The molecule has 0 aliphatic carbocycles. The number of aromatic nitrogens is 2. The van der Waals surface area contributed by atoms with Crippen LogP contribution in [0.25, 0.3) is 11.3 Å². The third-order valence-corrected chi connectivity index (χ3v) is 7.31. The van der Waals surface area contributed by atoms with Crippen molar-refractivity contribution in [3.63, 3.8) is 0 Å². The maximum absolute atomic E-state index is 13.0. The summed E-state index contributed by atoms with van der Waals surface area (Å²) in [7, 11) is -0.710. The average Bonchev–Trinajstić information content (AvgIpc) is 3.24. The lowest BCUT2D eigenvalue weighted by Gasteiger charge is -2.18. The smallest absolute Gasteiger partial charge is 0.251 e. The first-order chi connectivity index (χ1) is 14.6. The summed E-state index contributed by atoms with van der Waals surface area (Å²) in [6, 6.07) is 12.6. The molecule has 164 valence electrons. The van der Waals surface area contributed by atoms with Crippen molar-refractivity contribution < 1.29 is 13.2 Å². The summed E-state index contributed by atoms with van der Waals surface area (Å²) in [6.07, 6.45) is 2.37. The summed E-state index contributed by atoms with van der Waals surface area (Å²) < 4.78 is 26.5. The predicted molar refractivity (Wildman–Crippen MR) is 121 cm³/mol. The van der Waals surface area contributed by atoms with Crippen LogP contribution in [-0.2, 0) is 10.0 Å². The zero-order chi connectivity index (χ0) is 22.8. The Labute approximate surface area is 183 Å². The number of sulfonamides is 1. The van der Waals surface area contributed by atoms with Crippen LogP contribution in [0.3, 0.4) is 0 Å². The largest absolute Gasteiger partial charge is 0.342 e. The number of benzene rings is 2. The first-order valence-corrected chi connectivity index (χ1v) is 11.5. The van der Waals surface area contributed by atoms with Crippen LogP contribution in [0.1, 0.15) is 46.7 Å². The fraction of sp³-hybridized carbons (Fsp3) is 0.304. The van der Waals surface area contributed by atoms with Gasteiger partial charge >= 0.3 is 0 Å². The van der Waals surface area contributed by atoms with Crippen LogP contribution in [0.2, 0.25) is 0 Å². The molecule has 8 heteroatoms. The molecule has 1 amide bonds. The zero-order valence-corrected chi connectivity index (χ0v) is 19.2. The minimum absolute atomic E-state index is 0.139. The number of imidazole rings is 1. The van der Waals surface area contributed by atoms with Crippen molar-refractivity contribution in [2.75, 3.05) is 14.1 Å². The van der Waals surface area contributed by atoms with Crippen LogP contribution in [0, 0.1) is 13.8 Å². The second-order valence-electron chi connectivity index (χ2n) is 7.69. The molecule has 0 aliphatic heterocycles. The van der Waals surface area contributed by atoms with Gasteiger partial charge in [0, 0.05) is 19.7 Å². The Morgan fingerprint density at radius 3 is 2.45 bits per heavy atom. The molecule has 0 bridgehead atoms. The quantitative estimate of drug-likeness (QED) is 0.584. The minimum atomic E-state index is -3.66. The van der Waals surface area contributed by atoms with E-state index in [9.17, 15) is 13.2 Å². The molecule has 7 nitrogen and oxygen atoms in total. The van der Waals surface area contributed by atoms with E-state index in [1.165, 1.54) is 20.2 Å². The van der Waals surface area contributed by atoms with Crippen LogP contribution < -0.4 is 5.32 Å². The highest BCUT2D eigenvalue weighted by molar-refractivity contribution is 7.89. The Kier molecular flexibility index (Phi) is 6.62. The molecule has 2 aromatic carbocycles. The summed E-state index contributed by atoms with van der Waals surface area (Å²) >= 11 is 0. The Bertz CT molecular complexity index is 1180. The molecule has 0 saturated carbocycles. The molecule has 3 rings (SSSR count). The molecule has 3 aromatic rings. The molecule has 1 unspecified atom stereocenters. The van der Waals surface area contributed by atoms with Gasteiger partial charge in [0.15, 0.2) is 0 Å². The lowest BCUT2D eigenvalue weighted by Crippen LogP contribution is -2.30. The van der Waals surface area contributed by atoms with Gasteiger partial charge in [-0.2, -0.15) is 0 Å². The molecule has 1 aromatic heterocycles. The summed E-state index contributed by atoms with van der Waals surface area (Å²) in [5, 5.41) is 2.98. The van der Waals surface area contributed by atoms with Crippen molar-refractivity contribution in [2.24, 2.45) is 0 Å². The summed E-state index contributed by atoms with van der Waals surface area (Å²) in [4.78, 5) is 20.9. The van der Waals surface area contributed by atoms with Gasteiger partial charge in [0.25, 0.3) is 5.91 Å². The number of aromatic amines is 1. The predicted octanol–water partition coefficient (Wildman–Crippen LogP) is 3.82. The summed E-state index contributed by atoms with van der Waals surface area (Å²) in [5.74, 6) is 0.308. The molecule has 0 fully saturated rings. The first-order valence-electron chi connectivity index (χ1n) is 10.1. The molecule has 0 saturated heterocycles. The van der Waals surface area contributed by atoms with E-state index in [4.69, 9.17) is 0 Å².